The summed E-state index contributed by atoms with van der Waals surface area (Å²) >= 11 is 4.84. The molecule has 1 atom stereocenters. The van der Waals surface area contributed by atoms with E-state index in [1.807, 2.05) is 42.5 Å². The molecule has 4 nitrogen and oxygen atoms in total. The molecule has 1 unspecified atom stereocenters. The van der Waals surface area contributed by atoms with Crippen molar-refractivity contribution in [2.75, 3.05) is 12.9 Å². The normalized spacial score (nSPS) is 13.5. The second-order valence-electron chi connectivity index (χ2n) is 4.41. The Hall–Kier alpha value is -1.37. The Bertz CT molecular complexity index is 624. The van der Waals surface area contributed by atoms with Gasteiger partial charge in [-0.25, -0.2) is 9.78 Å². The van der Waals surface area contributed by atoms with E-state index in [0.717, 1.165) is 15.1 Å². The lowest BCUT2D eigenvalue weighted by Crippen LogP contribution is -2.48. The Morgan fingerprint density at radius 1 is 1.33 bits per heavy atom. The molecule has 0 bridgehead atoms. The molecule has 0 aliphatic carbocycles. The number of halogens is 1. The van der Waals surface area contributed by atoms with Gasteiger partial charge in [0.15, 0.2) is 0 Å². The van der Waals surface area contributed by atoms with Gasteiger partial charge in [-0.15, -0.1) is 11.8 Å². The molecule has 0 aliphatic heterocycles. The van der Waals surface area contributed by atoms with E-state index in [0.29, 0.717) is 5.75 Å². The number of methoxy groups -OCH3 is 1. The average molecular weight is 367 g/mol. The first-order valence-corrected chi connectivity index (χ1v) is 8.02. The molecular weight excluding hydrogens is 352 g/mol. The fourth-order valence-corrected chi connectivity index (χ4v) is 3.43. The lowest BCUT2D eigenvalue weighted by molar-refractivity contribution is -0.146. The minimum absolute atomic E-state index is 0.333. The van der Waals surface area contributed by atoms with E-state index < -0.39 is 11.5 Å². The van der Waals surface area contributed by atoms with Crippen LogP contribution in [0.5, 0.6) is 0 Å². The summed E-state index contributed by atoms with van der Waals surface area (Å²) in [5.41, 5.74) is 5.84. The number of hydrogen-bond donors (Lipinski definition) is 1. The quantitative estimate of drug-likeness (QED) is 0.650. The third-order valence-corrected chi connectivity index (χ3v) is 5.10. The molecule has 0 spiro atoms. The molecule has 0 amide bonds. The summed E-state index contributed by atoms with van der Waals surface area (Å²) in [6.45, 7) is 0. The average Bonchev–Trinajstić information content (AvgIpc) is 2.54. The van der Waals surface area contributed by atoms with Gasteiger partial charge in [0.05, 0.1) is 7.11 Å². The van der Waals surface area contributed by atoms with Crippen LogP contribution in [-0.2, 0) is 15.1 Å². The Morgan fingerprint density at radius 2 is 2.05 bits per heavy atom. The summed E-state index contributed by atoms with van der Waals surface area (Å²) in [5, 5.41) is 0.784. The van der Waals surface area contributed by atoms with Gasteiger partial charge in [0, 0.05) is 16.4 Å². The third-order valence-electron chi connectivity index (χ3n) is 3.00. The second kappa shape index (κ2) is 7.06. The standard InChI is InChI=1S/C15H15BrN2O2S/c1-20-14(19)15(17,11-6-3-2-4-7-11)10-21-13-12(16)8-5-9-18-13/h2-9H,10,17H2,1H3. The van der Waals surface area contributed by atoms with E-state index in [2.05, 4.69) is 20.9 Å². The van der Waals surface area contributed by atoms with E-state index >= 15 is 0 Å². The van der Waals surface area contributed by atoms with Crippen LogP contribution >= 0.6 is 27.7 Å². The minimum Gasteiger partial charge on any atom is -0.467 e. The number of carbonyl (C=O) groups excluding carboxylic acids is 1. The van der Waals surface area contributed by atoms with Gasteiger partial charge in [0.2, 0.25) is 0 Å². The molecule has 0 fully saturated rings. The van der Waals surface area contributed by atoms with E-state index in [1.165, 1.54) is 18.9 Å². The molecule has 1 heterocycles. The van der Waals surface area contributed by atoms with E-state index in [-0.39, 0.29) is 0 Å². The highest BCUT2D eigenvalue weighted by molar-refractivity contribution is 9.10. The van der Waals surface area contributed by atoms with Gasteiger partial charge >= 0.3 is 5.97 Å². The summed E-state index contributed by atoms with van der Waals surface area (Å²) in [5.74, 6) is -0.132. The molecule has 1 aromatic carbocycles. The summed E-state index contributed by atoms with van der Waals surface area (Å²) in [6.07, 6.45) is 1.70. The zero-order valence-electron chi connectivity index (χ0n) is 11.5. The van der Waals surface area contributed by atoms with E-state index in [4.69, 9.17) is 10.5 Å². The Balaban J connectivity index is 2.26. The number of carbonyl (C=O) groups is 1. The molecule has 110 valence electrons. The largest absolute Gasteiger partial charge is 0.467 e. The Morgan fingerprint density at radius 3 is 2.67 bits per heavy atom. The highest BCUT2D eigenvalue weighted by atomic mass is 79.9. The summed E-state index contributed by atoms with van der Waals surface area (Å²) in [7, 11) is 1.34. The number of nitrogens with two attached hydrogens (primary N) is 1. The van der Waals surface area contributed by atoms with Crippen molar-refractivity contribution in [1.29, 1.82) is 0 Å². The lowest BCUT2D eigenvalue weighted by atomic mass is 9.93. The van der Waals surface area contributed by atoms with Crippen LogP contribution < -0.4 is 5.73 Å². The first-order chi connectivity index (χ1) is 10.1. The van der Waals surface area contributed by atoms with Crippen LogP contribution in [0.25, 0.3) is 0 Å². The molecule has 2 aromatic rings. The molecular formula is C15H15BrN2O2S. The molecule has 0 aliphatic rings. The van der Waals surface area contributed by atoms with Crippen molar-refractivity contribution in [2.24, 2.45) is 5.73 Å². The molecule has 0 saturated heterocycles. The van der Waals surface area contributed by atoms with Gasteiger partial charge in [-0.2, -0.15) is 0 Å². The van der Waals surface area contributed by atoms with Crippen molar-refractivity contribution in [3.8, 4) is 0 Å². The molecule has 1 aromatic heterocycles. The molecule has 0 radical (unpaired) electrons. The highest BCUT2D eigenvalue weighted by Gasteiger charge is 2.37. The van der Waals surface area contributed by atoms with Gasteiger partial charge < -0.3 is 10.5 Å². The summed E-state index contributed by atoms with van der Waals surface area (Å²) < 4.78 is 5.75. The second-order valence-corrected chi connectivity index (χ2v) is 6.23. The van der Waals surface area contributed by atoms with Crippen molar-refractivity contribution in [3.63, 3.8) is 0 Å². The maximum atomic E-state index is 12.1. The molecule has 2 N–H and O–H groups in total. The lowest BCUT2D eigenvalue weighted by Gasteiger charge is -2.26. The van der Waals surface area contributed by atoms with Gasteiger partial charge in [0.1, 0.15) is 10.6 Å². The van der Waals surface area contributed by atoms with Crippen molar-refractivity contribution < 1.29 is 9.53 Å². The third kappa shape index (κ3) is 3.64. The molecule has 2 rings (SSSR count). The van der Waals surface area contributed by atoms with Crippen LogP contribution in [0.15, 0.2) is 58.2 Å². The number of benzene rings is 1. The first-order valence-electron chi connectivity index (χ1n) is 6.24. The SMILES string of the molecule is COC(=O)C(N)(CSc1ncccc1Br)c1ccccc1. The Kier molecular flexibility index (Phi) is 5.39. The molecule has 0 saturated carbocycles. The van der Waals surface area contributed by atoms with Gasteiger partial charge in [0.25, 0.3) is 0 Å². The van der Waals surface area contributed by atoms with Crippen molar-refractivity contribution in [1.82, 2.24) is 4.98 Å². The minimum atomic E-state index is -1.21. The van der Waals surface area contributed by atoms with Crippen LogP contribution in [0.4, 0.5) is 0 Å². The number of nitrogens with zero attached hydrogens (tertiary/aromatic N) is 1. The molecule has 6 heteroatoms. The van der Waals surface area contributed by atoms with Crippen LogP contribution in [-0.4, -0.2) is 23.8 Å². The Labute approximate surface area is 136 Å². The number of aromatic nitrogens is 1. The van der Waals surface area contributed by atoms with Crippen LogP contribution in [0.2, 0.25) is 0 Å². The molecule has 21 heavy (non-hydrogen) atoms. The van der Waals surface area contributed by atoms with E-state index in [9.17, 15) is 4.79 Å². The first kappa shape index (κ1) is 16.0. The van der Waals surface area contributed by atoms with Crippen LogP contribution in [0.3, 0.4) is 0 Å². The van der Waals surface area contributed by atoms with Crippen molar-refractivity contribution >= 4 is 33.7 Å². The maximum absolute atomic E-state index is 12.1. The monoisotopic (exact) mass is 366 g/mol. The number of ether oxygens (including phenoxy) is 1. The predicted molar refractivity (Wildman–Crippen MR) is 87.0 cm³/mol. The van der Waals surface area contributed by atoms with Crippen LogP contribution in [0, 0.1) is 0 Å². The van der Waals surface area contributed by atoms with Gasteiger partial charge in [-0.3, -0.25) is 0 Å². The number of esters is 1. The van der Waals surface area contributed by atoms with Gasteiger partial charge in [-0.05, 0) is 33.6 Å². The number of pyridine rings is 1. The fraction of sp³-hybridized carbons (Fsp3) is 0.200. The highest BCUT2D eigenvalue weighted by Crippen LogP contribution is 2.31. The van der Waals surface area contributed by atoms with Gasteiger partial charge in [-0.1, -0.05) is 30.3 Å². The predicted octanol–water partition coefficient (Wildman–Crippen LogP) is 2.96. The smallest absolute Gasteiger partial charge is 0.331 e. The van der Waals surface area contributed by atoms with Crippen LogP contribution in [0.1, 0.15) is 5.56 Å². The van der Waals surface area contributed by atoms with E-state index in [1.54, 1.807) is 6.20 Å². The maximum Gasteiger partial charge on any atom is 0.331 e. The zero-order valence-corrected chi connectivity index (χ0v) is 13.9. The number of hydrogen-bond acceptors (Lipinski definition) is 5. The fourth-order valence-electron chi connectivity index (χ4n) is 1.84. The summed E-state index contributed by atoms with van der Waals surface area (Å²) in [6, 6.07) is 13.0. The number of thioether (sulfide) groups is 1. The number of rotatable bonds is 5. The summed E-state index contributed by atoms with van der Waals surface area (Å²) in [4.78, 5) is 16.4. The van der Waals surface area contributed by atoms with Crippen molar-refractivity contribution in [3.05, 3.63) is 58.7 Å². The van der Waals surface area contributed by atoms with Crippen molar-refractivity contribution in [2.45, 2.75) is 10.6 Å². The topological polar surface area (TPSA) is 65.2 Å². The zero-order chi connectivity index (χ0) is 15.3.